The molecule has 192 valence electrons. The highest BCUT2D eigenvalue weighted by atomic mass is 16.5. The number of carboxylic acid groups (broad SMARTS) is 1. The van der Waals surface area contributed by atoms with Crippen molar-refractivity contribution in [2.45, 2.75) is 117 Å². The largest absolute Gasteiger partial charge is 0.550 e. The maximum atomic E-state index is 10.8. The van der Waals surface area contributed by atoms with Crippen LogP contribution in [-0.4, -0.2) is 34.5 Å². The molecule has 6 unspecified atom stereocenters. The molecule has 0 aromatic heterocycles. The lowest BCUT2D eigenvalue weighted by molar-refractivity contribution is -0.311. The van der Waals surface area contributed by atoms with Crippen molar-refractivity contribution in [3.05, 3.63) is 23.5 Å². The number of hydrogen-bond acceptors (Lipinski definition) is 5. The second-order valence-corrected chi connectivity index (χ2v) is 10.7. The lowest BCUT2D eigenvalue weighted by atomic mass is 9.85. The molecule has 0 spiro atoms. The third-order valence-corrected chi connectivity index (χ3v) is 7.39. The Morgan fingerprint density at radius 3 is 2.30 bits per heavy atom. The quantitative estimate of drug-likeness (QED) is 0.310. The molecule has 5 heteroatoms. The number of carbonyl (C=O) groups excluding carboxylic acids is 1. The van der Waals surface area contributed by atoms with Crippen LogP contribution in [0.3, 0.4) is 0 Å². The van der Waals surface area contributed by atoms with Crippen LogP contribution in [0.25, 0.3) is 0 Å². The van der Waals surface area contributed by atoms with E-state index in [1.54, 1.807) is 6.92 Å². The summed E-state index contributed by atoms with van der Waals surface area (Å²) in [7, 11) is 0. The molecule has 0 saturated carbocycles. The fourth-order valence-corrected chi connectivity index (χ4v) is 4.59. The average molecular weight is 466 g/mol. The minimum atomic E-state index is -1.01. The van der Waals surface area contributed by atoms with Gasteiger partial charge < -0.3 is 24.9 Å². The molecule has 0 amide bonds. The fraction of sp³-hybridized carbons (Fsp3) is 0.821. The second kappa shape index (κ2) is 14.8. The van der Waals surface area contributed by atoms with Crippen LogP contribution < -0.4 is 5.11 Å². The molecule has 1 rings (SSSR count). The van der Waals surface area contributed by atoms with Crippen molar-refractivity contribution in [1.29, 1.82) is 0 Å². The molecule has 0 bridgehead atoms. The molecule has 1 aliphatic carbocycles. The average Bonchev–Trinajstić information content (AvgIpc) is 2.75. The highest BCUT2D eigenvalue weighted by Gasteiger charge is 2.25. The molecule has 2 N–H and O–H groups in total. The molecule has 0 fully saturated rings. The van der Waals surface area contributed by atoms with Crippen LogP contribution in [-0.2, 0) is 9.53 Å². The highest BCUT2D eigenvalue weighted by Crippen LogP contribution is 2.33. The number of hydrogen-bond donors (Lipinski definition) is 2. The second-order valence-electron chi connectivity index (χ2n) is 10.7. The zero-order chi connectivity index (χ0) is 25.0. The number of allylic oxidation sites excluding steroid dienone is 4. The van der Waals surface area contributed by atoms with Gasteiger partial charge in [0.15, 0.2) is 0 Å². The summed E-state index contributed by atoms with van der Waals surface area (Å²) in [5.41, 5.74) is 0.502. The molecule has 0 aromatic carbocycles. The minimum Gasteiger partial charge on any atom is -0.550 e. The summed E-state index contributed by atoms with van der Waals surface area (Å²) >= 11 is 0. The van der Waals surface area contributed by atoms with Gasteiger partial charge in [0.05, 0.1) is 12.2 Å². The van der Waals surface area contributed by atoms with Gasteiger partial charge in [-0.1, -0.05) is 66.0 Å². The van der Waals surface area contributed by atoms with E-state index in [4.69, 9.17) is 4.74 Å². The monoisotopic (exact) mass is 465 g/mol. The predicted octanol–water partition coefficient (Wildman–Crippen LogP) is 5.15. The third kappa shape index (κ3) is 11.1. The Bertz CT molecular complexity index is 636. The van der Waals surface area contributed by atoms with Gasteiger partial charge >= 0.3 is 0 Å². The summed E-state index contributed by atoms with van der Waals surface area (Å²) in [6.07, 6.45) is 12.8. The van der Waals surface area contributed by atoms with Gasteiger partial charge in [-0.25, -0.2) is 0 Å². The van der Waals surface area contributed by atoms with Crippen molar-refractivity contribution in [3.63, 3.8) is 0 Å². The van der Waals surface area contributed by atoms with E-state index in [0.29, 0.717) is 37.0 Å². The molecular weight excluding hydrogens is 416 g/mol. The normalized spacial score (nSPS) is 23.2. The Labute approximate surface area is 202 Å². The minimum absolute atomic E-state index is 0.0408. The van der Waals surface area contributed by atoms with Crippen molar-refractivity contribution >= 4 is 5.97 Å². The van der Waals surface area contributed by atoms with E-state index in [9.17, 15) is 20.1 Å². The first-order valence-electron chi connectivity index (χ1n) is 13.1. The first-order valence-corrected chi connectivity index (χ1v) is 13.1. The molecule has 5 nitrogen and oxygen atoms in total. The lowest BCUT2D eigenvalue weighted by Crippen LogP contribution is -2.30. The Balaban J connectivity index is 2.33. The Morgan fingerprint density at radius 1 is 1.12 bits per heavy atom. The van der Waals surface area contributed by atoms with E-state index >= 15 is 0 Å². The van der Waals surface area contributed by atoms with Crippen LogP contribution >= 0.6 is 0 Å². The lowest BCUT2D eigenvalue weighted by Gasteiger charge is -2.30. The zero-order valence-electron chi connectivity index (χ0n) is 21.9. The first-order chi connectivity index (χ1) is 15.5. The number of aliphatic hydroxyl groups excluding tert-OH is 1. The van der Waals surface area contributed by atoms with E-state index in [2.05, 4.69) is 39.8 Å². The van der Waals surface area contributed by atoms with E-state index < -0.39 is 17.5 Å². The Kier molecular flexibility index (Phi) is 13.3. The molecule has 0 heterocycles. The molecule has 6 atom stereocenters. The van der Waals surface area contributed by atoms with Gasteiger partial charge in [0.1, 0.15) is 11.9 Å². The summed E-state index contributed by atoms with van der Waals surface area (Å²) < 4.78 is 6.31. The molecule has 0 saturated heterocycles. The molecule has 0 aliphatic heterocycles. The summed E-state index contributed by atoms with van der Waals surface area (Å²) in [6, 6.07) is 0. The smallest absolute Gasteiger partial charge is 0.121 e. The van der Waals surface area contributed by atoms with Crippen molar-refractivity contribution in [2.24, 2.45) is 23.7 Å². The van der Waals surface area contributed by atoms with Crippen LogP contribution in [0.1, 0.15) is 106 Å². The SMILES string of the molecule is CCC1=C(OC(CO)CCCC(C)CCCC(C)(O)CCCC(C)C(=O)[O-])C(C)C(C)C=C1. The van der Waals surface area contributed by atoms with E-state index in [0.717, 1.165) is 50.7 Å². The van der Waals surface area contributed by atoms with Gasteiger partial charge in [0.25, 0.3) is 0 Å². The van der Waals surface area contributed by atoms with E-state index in [1.165, 1.54) is 5.57 Å². The van der Waals surface area contributed by atoms with Crippen molar-refractivity contribution in [2.75, 3.05) is 6.61 Å². The van der Waals surface area contributed by atoms with Crippen LogP contribution in [0.15, 0.2) is 23.5 Å². The Morgan fingerprint density at radius 2 is 1.73 bits per heavy atom. The molecule has 33 heavy (non-hydrogen) atoms. The Hall–Kier alpha value is -1.33. The van der Waals surface area contributed by atoms with Crippen LogP contribution in [0, 0.1) is 23.7 Å². The number of aliphatic carboxylic acids is 1. The number of ether oxygens (including phenoxy) is 1. The van der Waals surface area contributed by atoms with E-state index in [-0.39, 0.29) is 12.7 Å². The fourth-order valence-electron chi connectivity index (χ4n) is 4.59. The topological polar surface area (TPSA) is 89.8 Å². The summed E-state index contributed by atoms with van der Waals surface area (Å²) in [5, 5.41) is 31.3. The van der Waals surface area contributed by atoms with Gasteiger partial charge in [0, 0.05) is 11.9 Å². The number of rotatable bonds is 17. The highest BCUT2D eigenvalue weighted by molar-refractivity contribution is 5.66. The summed E-state index contributed by atoms with van der Waals surface area (Å²) in [5.74, 6) is 0.924. The number of carboxylic acids is 1. The zero-order valence-corrected chi connectivity index (χ0v) is 21.9. The molecule has 1 aliphatic rings. The maximum absolute atomic E-state index is 10.8. The van der Waals surface area contributed by atoms with Crippen molar-refractivity contribution in [1.82, 2.24) is 0 Å². The number of carbonyl (C=O) groups is 1. The standard InChI is InChI=1S/C28H50O5/c1-7-24-16-15-21(3)23(5)26(24)33-25(19-29)14-8-11-20(2)12-9-17-28(6,32)18-10-13-22(4)27(30)31/h15-16,20-23,25,29,32H,7-14,17-19H2,1-6H3,(H,30,31)/p-1. The summed E-state index contributed by atoms with van der Waals surface area (Å²) in [6.45, 7) is 12.4. The molecule has 0 aromatic rings. The van der Waals surface area contributed by atoms with E-state index in [1.807, 2.05) is 6.92 Å². The summed E-state index contributed by atoms with van der Waals surface area (Å²) in [4.78, 5) is 10.8. The van der Waals surface area contributed by atoms with Crippen LogP contribution in [0.5, 0.6) is 0 Å². The van der Waals surface area contributed by atoms with Gasteiger partial charge in [0.2, 0.25) is 0 Å². The van der Waals surface area contributed by atoms with Gasteiger partial charge in [-0.15, -0.1) is 0 Å². The third-order valence-electron chi connectivity index (χ3n) is 7.39. The molecule has 0 radical (unpaired) electrons. The maximum Gasteiger partial charge on any atom is 0.121 e. The van der Waals surface area contributed by atoms with Gasteiger partial charge in [-0.05, 0) is 75.2 Å². The van der Waals surface area contributed by atoms with Crippen molar-refractivity contribution in [3.8, 4) is 0 Å². The van der Waals surface area contributed by atoms with Crippen molar-refractivity contribution < 1.29 is 24.9 Å². The molecular formula is C28H49O5-. The van der Waals surface area contributed by atoms with Gasteiger partial charge in [-0.2, -0.15) is 0 Å². The number of aliphatic hydroxyl groups is 2. The van der Waals surface area contributed by atoms with Crippen LogP contribution in [0.2, 0.25) is 0 Å². The first kappa shape index (κ1) is 29.7. The predicted molar refractivity (Wildman–Crippen MR) is 132 cm³/mol. The van der Waals surface area contributed by atoms with Gasteiger partial charge in [-0.3, -0.25) is 0 Å². The van der Waals surface area contributed by atoms with Crippen LogP contribution in [0.4, 0.5) is 0 Å².